The summed E-state index contributed by atoms with van der Waals surface area (Å²) in [5.41, 5.74) is 6.80. The van der Waals surface area contributed by atoms with Crippen molar-refractivity contribution in [3.8, 4) is 0 Å². The van der Waals surface area contributed by atoms with Crippen molar-refractivity contribution in [3.63, 3.8) is 0 Å². The lowest BCUT2D eigenvalue weighted by atomic mass is 10.1. The van der Waals surface area contributed by atoms with Crippen LogP contribution in [0.1, 0.15) is 45.7 Å². The molecule has 0 amide bonds. The molecule has 0 aliphatic rings. The third-order valence-corrected chi connectivity index (χ3v) is 2.81. The molecule has 1 aromatic rings. The van der Waals surface area contributed by atoms with Gasteiger partial charge in [-0.15, -0.1) is 0 Å². The molecule has 1 heterocycles. The van der Waals surface area contributed by atoms with E-state index in [1.807, 2.05) is 4.68 Å². The van der Waals surface area contributed by atoms with Crippen LogP contribution < -0.4 is 5.73 Å². The van der Waals surface area contributed by atoms with E-state index in [4.69, 9.17) is 17.3 Å². The number of halogens is 1. The molecular formula is C11H20ClN3. The van der Waals surface area contributed by atoms with Crippen molar-refractivity contribution in [2.75, 3.05) is 5.73 Å². The summed E-state index contributed by atoms with van der Waals surface area (Å²) in [7, 11) is 0. The number of aryl methyl sites for hydroxylation is 1. The number of nitrogen functional groups attached to an aromatic ring is 1. The minimum absolute atomic E-state index is 0.320. The maximum atomic E-state index is 6.12. The van der Waals surface area contributed by atoms with Crippen LogP contribution in [0.5, 0.6) is 0 Å². The van der Waals surface area contributed by atoms with E-state index in [1.54, 1.807) is 0 Å². The molecule has 0 saturated carbocycles. The smallest absolute Gasteiger partial charge is 0.140 e. The minimum atomic E-state index is 0.320. The standard InChI is InChI=1S/C11H20ClN3/c1-7(2)5-6-15-11(13)9(12)10(14-15)8(3)4/h7-8H,5-6,13H2,1-4H3. The Hall–Kier alpha value is -0.700. The van der Waals surface area contributed by atoms with Gasteiger partial charge in [-0.05, 0) is 18.3 Å². The molecule has 4 heteroatoms. The second kappa shape index (κ2) is 4.88. The van der Waals surface area contributed by atoms with Crippen molar-refractivity contribution >= 4 is 17.4 Å². The Labute approximate surface area is 96.6 Å². The Morgan fingerprint density at radius 2 is 1.93 bits per heavy atom. The van der Waals surface area contributed by atoms with E-state index in [9.17, 15) is 0 Å². The van der Waals surface area contributed by atoms with Crippen molar-refractivity contribution < 1.29 is 0 Å². The molecule has 0 saturated heterocycles. The van der Waals surface area contributed by atoms with Crippen molar-refractivity contribution in [2.45, 2.75) is 46.6 Å². The lowest BCUT2D eigenvalue weighted by Gasteiger charge is -2.06. The topological polar surface area (TPSA) is 43.8 Å². The first-order chi connectivity index (χ1) is 6.93. The monoisotopic (exact) mass is 229 g/mol. The van der Waals surface area contributed by atoms with Crippen LogP contribution in [0.25, 0.3) is 0 Å². The zero-order chi connectivity index (χ0) is 11.6. The number of nitrogens with zero attached hydrogens (tertiary/aromatic N) is 2. The fourth-order valence-corrected chi connectivity index (χ4v) is 1.75. The molecule has 0 aliphatic carbocycles. The fourth-order valence-electron chi connectivity index (χ4n) is 1.39. The van der Waals surface area contributed by atoms with E-state index in [2.05, 4.69) is 32.8 Å². The maximum absolute atomic E-state index is 6.12. The molecule has 0 radical (unpaired) electrons. The van der Waals surface area contributed by atoms with Gasteiger partial charge in [-0.1, -0.05) is 39.3 Å². The summed E-state index contributed by atoms with van der Waals surface area (Å²) in [5.74, 6) is 1.57. The highest BCUT2D eigenvalue weighted by atomic mass is 35.5. The zero-order valence-corrected chi connectivity index (χ0v) is 10.7. The molecule has 0 atom stereocenters. The molecule has 86 valence electrons. The van der Waals surface area contributed by atoms with Crippen LogP contribution in [-0.4, -0.2) is 9.78 Å². The van der Waals surface area contributed by atoms with E-state index in [0.717, 1.165) is 18.7 Å². The van der Waals surface area contributed by atoms with Crippen molar-refractivity contribution in [2.24, 2.45) is 5.92 Å². The summed E-state index contributed by atoms with van der Waals surface area (Å²) < 4.78 is 1.82. The van der Waals surface area contributed by atoms with Gasteiger partial charge >= 0.3 is 0 Å². The highest BCUT2D eigenvalue weighted by Crippen LogP contribution is 2.28. The van der Waals surface area contributed by atoms with Crippen LogP contribution in [-0.2, 0) is 6.54 Å². The number of nitrogens with two attached hydrogens (primary N) is 1. The highest BCUT2D eigenvalue weighted by molar-refractivity contribution is 6.33. The Bertz CT molecular complexity index is 329. The van der Waals surface area contributed by atoms with Gasteiger partial charge in [-0.2, -0.15) is 5.10 Å². The van der Waals surface area contributed by atoms with Crippen LogP contribution in [0.2, 0.25) is 5.02 Å². The third-order valence-electron chi connectivity index (χ3n) is 2.42. The SMILES string of the molecule is CC(C)CCn1nc(C(C)C)c(Cl)c1N. The molecule has 0 aliphatic heterocycles. The van der Waals surface area contributed by atoms with Crippen LogP contribution in [0.3, 0.4) is 0 Å². The summed E-state index contributed by atoms with van der Waals surface area (Å²) in [4.78, 5) is 0. The molecule has 0 bridgehead atoms. The molecule has 3 nitrogen and oxygen atoms in total. The third kappa shape index (κ3) is 2.88. The van der Waals surface area contributed by atoms with Gasteiger partial charge in [-0.25, -0.2) is 4.68 Å². The molecule has 0 aromatic carbocycles. The molecular weight excluding hydrogens is 210 g/mol. The number of hydrogen-bond donors (Lipinski definition) is 1. The molecule has 1 aromatic heterocycles. The summed E-state index contributed by atoms with van der Waals surface area (Å²) in [6.07, 6.45) is 1.07. The van der Waals surface area contributed by atoms with Gasteiger partial charge in [0.15, 0.2) is 0 Å². The fraction of sp³-hybridized carbons (Fsp3) is 0.727. The highest BCUT2D eigenvalue weighted by Gasteiger charge is 2.15. The van der Waals surface area contributed by atoms with Crippen LogP contribution in [0, 0.1) is 5.92 Å². The normalized spacial score (nSPS) is 11.7. The van der Waals surface area contributed by atoms with Gasteiger partial charge in [0.1, 0.15) is 10.8 Å². The average Bonchev–Trinajstić information content (AvgIpc) is 2.41. The first kappa shape index (κ1) is 12.4. The summed E-state index contributed by atoms with van der Waals surface area (Å²) in [6.45, 7) is 9.35. The second-order valence-electron chi connectivity index (χ2n) is 4.64. The van der Waals surface area contributed by atoms with E-state index in [0.29, 0.717) is 22.7 Å². The Morgan fingerprint density at radius 1 is 1.33 bits per heavy atom. The summed E-state index contributed by atoms with van der Waals surface area (Å²) in [6, 6.07) is 0. The molecule has 0 unspecified atom stereocenters. The number of hydrogen-bond acceptors (Lipinski definition) is 2. The van der Waals surface area contributed by atoms with Gasteiger partial charge in [0.2, 0.25) is 0 Å². The molecule has 0 fully saturated rings. The van der Waals surface area contributed by atoms with Crippen LogP contribution >= 0.6 is 11.6 Å². The molecule has 1 rings (SSSR count). The van der Waals surface area contributed by atoms with Crippen molar-refractivity contribution in [1.82, 2.24) is 9.78 Å². The largest absolute Gasteiger partial charge is 0.383 e. The molecule has 15 heavy (non-hydrogen) atoms. The quantitative estimate of drug-likeness (QED) is 0.861. The van der Waals surface area contributed by atoms with E-state index >= 15 is 0 Å². The van der Waals surface area contributed by atoms with Gasteiger partial charge in [0.05, 0.1) is 5.69 Å². The van der Waals surface area contributed by atoms with Gasteiger partial charge in [0.25, 0.3) is 0 Å². The van der Waals surface area contributed by atoms with Crippen LogP contribution in [0.15, 0.2) is 0 Å². The van der Waals surface area contributed by atoms with E-state index < -0.39 is 0 Å². The molecule has 0 spiro atoms. The van der Waals surface area contributed by atoms with Gasteiger partial charge in [0, 0.05) is 6.54 Å². The average molecular weight is 230 g/mol. The van der Waals surface area contributed by atoms with Crippen LogP contribution in [0.4, 0.5) is 5.82 Å². The minimum Gasteiger partial charge on any atom is -0.383 e. The van der Waals surface area contributed by atoms with E-state index in [1.165, 1.54) is 0 Å². The first-order valence-electron chi connectivity index (χ1n) is 5.45. The predicted octanol–water partition coefficient (Wildman–Crippen LogP) is 3.29. The summed E-state index contributed by atoms with van der Waals surface area (Å²) in [5, 5.41) is 5.06. The first-order valence-corrected chi connectivity index (χ1v) is 5.83. The number of rotatable bonds is 4. The lowest BCUT2D eigenvalue weighted by molar-refractivity contribution is 0.487. The number of aromatic nitrogens is 2. The number of anilines is 1. The Morgan fingerprint density at radius 3 is 2.33 bits per heavy atom. The van der Waals surface area contributed by atoms with Gasteiger partial charge in [-0.3, -0.25) is 0 Å². The van der Waals surface area contributed by atoms with E-state index in [-0.39, 0.29) is 0 Å². The molecule has 2 N–H and O–H groups in total. The Kier molecular flexibility index (Phi) is 4.03. The second-order valence-corrected chi connectivity index (χ2v) is 5.02. The van der Waals surface area contributed by atoms with Crippen molar-refractivity contribution in [3.05, 3.63) is 10.7 Å². The van der Waals surface area contributed by atoms with Crippen molar-refractivity contribution in [1.29, 1.82) is 0 Å². The lowest BCUT2D eigenvalue weighted by Crippen LogP contribution is -2.07. The Balaban J connectivity index is 2.85. The van der Waals surface area contributed by atoms with Gasteiger partial charge < -0.3 is 5.73 Å². The predicted molar refractivity (Wildman–Crippen MR) is 65.2 cm³/mol. The summed E-state index contributed by atoms with van der Waals surface area (Å²) >= 11 is 6.12. The zero-order valence-electron chi connectivity index (χ0n) is 9.92. The maximum Gasteiger partial charge on any atom is 0.140 e.